The molecule has 4 nitrogen and oxygen atoms in total. The normalized spacial score (nSPS) is 22.9. The molecule has 0 amide bonds. The molecule has 0 bridgehead atoms. The van der Waals surface area contributed by atoms with E-state index < -0.39 is 6.29 Å². The van der Waals surface area contributed by atoms with E-state index in [1.54, 1.807) is 12.3 Å². The number of fused-ring (bicyclic) bond motifs is 1. The van der Waals surface area contributed by atoms with Crippen LogP contribution in [0.5, 0.6) is 11.5 Å². The first-order valence-electron chi connectivity index (χ1n) is 6.07. The van der Waals surface area contributed by atoms with Crippen molar-refractivity contribution in [3.63, 3.8) is 0 Å². The third-order valence-electron chi connectivity index (χ3n) is 2.96. The van der Waals surface area contributed by atoms with Crippen LogP contribution in [-0.2, 0) is 4.74 Å². The van der Waals surface area contributed by atoms with Crippen molar-refractivity contribution in [3.05, 3.63) is 30.5 Å². The fourth-order valence-electron chi connectivity index (χ4n) is 2.03. The van der Waals surface area contributed by atoms with Crippen LogP contribution in [0.3, 0.4) is 0 Å². The van der Waals surface area contributed by atoms with Gasteiger partial charge in [0, 0.05) is 11.8 Å². The van der Waals surface area contributed by atoms with Gasteiger partial charge in [-0.25, -0.2) is 0 Å². The third kappa shape index (κ3) is 2.72. The summed E-state index contributed by atoms with van der Waals surface area (Å²) in [5.74, 6) is 0.0897. The van der Waals surface area contributed by atoms with E-state index in [-0.39, 0.29) is 17.6 Å². The Morgan fingerprint density at radius 3 is 2.89 bits per heavy atom. The second kappa shape index (κ2) is 4.60. The summed E-state index contributed by atoms with van der Waals surface area (Å²) in [7, 11) is 0. The van der Waals surface area contributed by atoms with Crippen LogP contribution in [0.2, 0.25) is 0 Å². The number of hydrogen-bond donors (Lipinski definition) is 1. The number of anilines is 1. The maximum absolute atomic E-state index is 12.9. The van der Waals surface area contributed by atoms with Gasteiger partial charge in [-0.1, -0.05) is 0 Å². The highest BCUT2D eigenvalue weighted by Gasteiger charge is 2.43. The minimum Gasteiger partial charge on any atom is -0.497 e. The fourth-order valence-corrected chi connectivity index (χ4v) is 2.03. The van der Waals surface area contributed by atoms with Crippen LogP contribution in [0.15, 0.2) is 30.5 Å². The van der Waals surface area contributed by atoms with Crippen LogP contribution in [0.25, 0.3) is 0 Å². The van der Waals surface area contributed by atoms with Gasteiger partial charge in [-0.15, -0.1) is 8.78 Å². The Kier molecular flexibility index (Phi) is 2.93. The quantitative estimate of drug-likeness (QED) is 0.915. The molecule has 0 saturated carbocycles. The Morgan fingerprint density at radius 2 is 2.11 bits per heavy atom. The van der Waals surface area contributed by atoms with E-state index in [1.165, 1.54) is 12.1 Å². The van der Waals surface area contributed by atoms with Gasteiger partial charge in [-0.3, -0.25) is 0 Å². The molecule has 1 aromatic rings. The lowest BCUT2D eigenvalue weighted by atomic mass is 10.1. The number of nitrogens with one attached hydrogen (secondary N) is 1. The fraction of sp³-hybridized carbons (Fsp3) is 0.385. The Labute approximate surface area is 109 Å². The predicted octanol–water partition coefficient (Wildman–Crippen LogP) is 3.11. The molecule has 0 aliphatic carbocycles. The smallest absolute Gasteiger partial charge is 0.497 e. The number of allylic oxidation sites excluding steroid dienone is 1. The number of alkyl halides is 2. The number of rotatable bonds is 3. The van der Waals surface area contributed by atoms with E-state index >= 15 is 0 Å². The molecule has 2 aliphatic heterocycles. The largest absolute Gasteiger partial charge is 0.586 e. The first-order chi connectivity index (χ1) is 9.12. The topological polar surface area (TPSA) is 39.7 Å². The molecule has 1 unspecified atom stereocenters. The molecule has 3 rings (SSSR count). The van der Waals surface area contributed by atoms with Gasteiger partial charge in [0.15, 0.2) is 11.5 Å². The second-order valence-corrected chi connectivity index (χ2v) is 4.42. The summed E-state index contributed by atoms with van der Waals surface area (Å²) in [5, 5.41) is 3.13. The van der Waals surface area contributed by atoms with Crippen LogP contribution in [0.4, 0.5) is 14.5 Å². The molecule has 19 heavy (non-hydrogen) atoms. The van der Waals surface area contributed by atoms with Gasteiger partial charge >= 0.3 is 6.29 Å². The van der Waals surface area contributed by atoms with Gasteiger partial charge in [0.2, 0.25) is 0 Å². The van der Waals surface area contributed by atoms with E-state index in [0.29, 0.717) is 12.2 Å². The summed E-state index contributed by atoms with van der Waals surface area (Å²) in [6, 6.07) is 4.62. The molecule has 0 radical (unpaired) electrons. The van der Waals surface area contributed by atoms with Crippen molar-refractivity contribution in [1.82, 2.24) is 0 Å². The summed E-state index contributed by atoms with van der Waals surface area (Å²) in [4.78, 5) is 0. The molecule has 0 spiro atoms. The minimum absolute atomic E-state index is 0.0412. The number of hydrogen-bond acceptors (Lipinski definition) is 4. The van der Waals surface area contributed by atoms with Crippen molar-refractivity contribution in [1.29, 1.82) is 0 Å². The minimum atomic E-state index is -3.57. The van der Waals surface area contributed by atoms with Gasteiger partial charge in [0.25, 0.3) is 0 Å². The van der Waals surface area contributed by atoms with Gasteiger partial charge in [0.05, 0.1) is 12.8 Å². The maximum Gasteiger partial charge on any atom is 0.586 e. The SMILES string of the molecule is FC1(F)Oc2ccc(NCC3CCC=CO3)cc2O1. The molecule has 1 N–H and O–H groups in total. The molecule has 0 saturated heterocycles. The lowest BCUT2D eigenvalue weighted by Gasteiger charge is -2.20. The summed E-state index contributed by atoms with van der Waals surface area (Å²) in [6.45, 7) is 0.611. The number of ether oxygens (including phenoxy) is 3. The van der Waals surface area contributed by atoms with Gasteiger partial charge < -0.3 is 19.5 Å². The highest BCUT2D eigenvalue weighted by molar-refractivity contribution is 5.56. The van der Waals surface area contributed by atoms with Crippen LogP contribution >= 0.6 is 0 Å². The van der Waals surface area contributed by atoms with E-state index in [4.69, 9.17) is 4.74 Å². The first-order valence-corrected chi connectivity index (χ1v) is 6.07. The molecule has 2 heterocycles. The zero-order valence-electron chi connectivity index (χ0n) is 10.1. The first kappa shape index (κ1) is 12.1. The Morgan fingerprint density at radius 1 is 1.26 bits per heavy atom. The molecular formula is C13H13F2NO3. The average molecular weight is 269 g/mol. The lowest BCUT2D eigenvalue weighted by Crippen LogP contribution is -2.26. The maximum atomic E-state index is 12.9. The van der Waals surface area contributed by atoms with Gasteiger partial charge in [-0.2, -0.15) is 0 Å². The Hall–Kier alpha value is -1.98. The summed E-state index contributed by atoms with van der Waals surface area (Å²) in [6.07, 6.45) is 2.11. The zero-order chi connectivity index (χ0) is 13.3. The monoisotopic (exact) mass is 269 g/mol. The van der Waals surface area contributed by atoms with Crippen LogP contribution in [0, 0.1) is 0 Å². The second-order valence-electron chi connectivity index (χ2n) is 4.42. The van der Waals surface area contributed by atoms with Crippen LogP contribution in [-0.4, -0.2) is 18.9 Å². The number of benzene rings is 1. The molecular weight excluding hydrogens is 256 g/mol. The van der Waals surface area contributed by atoms with Crippen LogP contribution < -0.4 is 14.8 Å². The molecule has 0 fully saturated rings. The van der Waals surface area contributed by atoms with Crippen LogP contribution in [0.1, 0.15) is 12.8 Å². The highest BCUT2D eigenvalue weighted by Crippen LogP contribution is 2.42. The zero-order valence-corrected chi connectivity index (χ0v) is 10.1. The van der Waals surface area contributed by atoms with Crippen molar-refractivity contribution in [3.8, 4) is 11.5 Å². The Bertz CT molecular complexity index is 505. The summed E-state index contributed by atoms with van der Waals surface area (Å²) in [5.41, 5.74) is 0.693. The molecule has 6 heteroatoms. The van der Waals surface area contributed by atoms with Crippen molar-refractivity contribution in [2.45, 2.75) is 25.2 Å². The van der Waals surface area contributed by atoms with E-state index in [9.17, 15) is 8.78 Å². The standard InChI is InChI=1S/C13H13F2NO3/c14-13(15)18-11-5-4-9(7-12(11)19-13)16-8-10-3-1-2-6-17-10/h2,4-7,10,16H,1,3,8H2. The predicted molar refractivity (Wildman–Crippen MR) is 64.4 cm³/mol. The van der Waals surface area contributed by atoms with Gasteiger partial charge in [0.1, 0.15) is 6.10 Å². The molecule has 0 aromatic heterocycles. The average Bonchev–Trinajstić information content (AvgIpc) is 2.70. The summed E-state index contributed by atoms with van der Waals surface area (Å²) < 4.78 is 39.8. The van der Waals surface area contributed by atoms with Crippen molar-refractivity contribution in [2.24, 2.45) is 0 Å². The third-order valence-corrected chi connectivity index (χ3v) is 2.96. The van der Waals surface area contributed by atoms with Crippen molar-refractivity contribution in [2.75, 3.05) is 11.9 Å². The molecule has 2 aliphatic rings. The Balaban J connectivity index is 1.62. The summed E-state index contributed by atoms with van der Waals surface area (Å²) >= 11 is 0. The molecule has 1 aromatic carbocycles. The van der Waals surface area contributed by atoms with E-state index in [1.807, 2.05) is 6.08 Å². The molecule has 102 valence electrons. The number of halogens is 2. The van der Waals surface area contributed by atoms with Gasteiger partial charge in [-0.05, 0) is 31.1 Å². The lowest BCUT2D eigenvalue weighted by molar-refractivity contribution is -0.286. The highest BCUT2D eigenvalue weighted by atomic mass is 19.3. The van der Waals surface area contributed by atoms with E-state index in [0.717, 1.165) is 12.8 Å². The van der Waals surface area contributed by atoms with E-state index in [2.05, 4.69) is 14.8 Å². The van der Waals surface area contributed by atoms with Crippen molar-refractivity contribution < 1.29 is 23.0 Å². The molecule has 1 atom stereocenters. The van der Waals surface area contributed by atoms with Crippen molar-refractivity contribution >= 4 is 5.69 Å².